The Labute approximate surface area is 142 Å². The number of hydrogen-bond donors (Lipinski definition) is 0. The first kappa shape index (κ1) is 16.1. The Morgan fingerprint density at radius 3 is 2.67 bits per heavy atom. The molecule has 122 valence electrons. The fourth-order valence-electron chi connectivity index (χ4n) is 3.30. The number of nitriles is 1. The molecule has 2 aromatic rings. The zero-order valence-corrected chi connectivity index (χ0v) is 13.9. The molecule has 1 aliphatic heterocycles. The fraction of sp³-hybridized carbons (Fsp3) is 0.300. The van der Waals surface area contributed by atoms with Crippen molar-refractivity contribution in [3.8, 4) is 6.07 Å². The van der Waals surface area contributed by atoms with Crippen LogP contribution in [0.1, 0.15) is 22.3 Å². The molecule has 0 spiro atoms. The van der Waals surface area contributed by atoms with Gasteiger partial charge in [-0.3, -0.25) is 4.79 Å². The van der Waals surface area contributed by atoms with Crippen molar-refractivity contribution in [1.29, 1.82) is 5.26 Å². The highest BCUT2D eigenvalue weighted by atomic mass is 16.2. The highest BCUT2D eigenvalue weighted by molar-refractivity contribution is 5.96. The van der Waals surface area contributed by atoms with Crippen molar-refractivity contribution in [2.45, 2.75) is 6.42 Å². The molecule has 0 bridgehead atoms. The molecule has 0 aliphatic carbocycles. The monoisotopic (exact) mass is 319 g/mol. The predicted octanol–water partition coefficient (Wildman–Crippen LogP) is 3.16. The summed E-state index contributed by atoms with van der Waals surface area (Å²) in [5, 5.41) is 9.17. The normalized spacial score (nSPS) is 16.7. The van der Waals surface area contributed by atoms with Gasteiger partial charge < -0.3 is 9.80 Å². The number of para-hydroxylation sites is 1. The molecular formula is C20H21N3O. The van der Waals surface area contributed by atoms with Crippen molar-refractivity contribution in [2.24, 2.45) is 5.92 Å². The molecular weight excluding hydrogens is 298 g/mol. The fourth-order valence-corrected chi connectivity index (χ4v) is 3.30. The van der Waals surface area contributed by atoms with Crippen LogP contribution in [0.15, 0.2) is 54.6 Å². The van der Waals surface area contributed by atoms with Gasteiger partial charge in [0.2, 0.25) is 0 Å². The summed E-state index contributed by atoms with van der Waals surface area (Å²) in [5.74, 6) is 0.374. The second kappa shape index (κ2) is 7.18. The van der Waals surface area contributed by atoms with Crippen LogP contribution in [0.2, 0.25) is 0 Å². The molecule has 1 fully saturated rings. The van der Waals surface area contributed by atoms with E-state index >= 15 is 0 Å². The van der Waals surface area contributed by atoms with Gasteiger partial charge in [-0.2, -0.15) is 5.26 Å². The molecule has 1 amide bonds. The second-order valence-electron chi connectivity index (χ2n) is 6.28. The molecule has 1 heterocycles. The van der Waals surface area contributed by atoms with Gasteiger partial charge in [-0.05, 0) is 36.6 Å². The van der Waals surface area contributed by atoms with Crippen molar-refractivity contribution in [3.05, 3.63) is 65.7 Å². The van der Waals surface area contributed by atoms with E-state index in [9.17, 15) is 4.79 Å². The predicted molar refractivity (Wildman–Crippen MR) is 94.9 cm³/mol. The van der Waals surface area contributed by atoms with Crippen molar-refractivity contribution in [3.63, 3.8) is 0 Å². The summed E-state index contributed by atoms with van der Waals surface area (Å²) in [6.07, 6.45) is 1.08. The molecule has 0 unspecified atom stereocenters. The molecule has 0 radical (unpaired) electrons. The number of nitrogens with zero attached hydrogens (tertiary/aromatic N) is 3. The number of rotatable bonds is 4. The zero-order valence-electron chi connectivity index (χ0n) is 13.9. The molecule has 0 aromatic heterocycles. The Bertz CT molecular complexity index is 751. The van der Waals surface area contributed by atoms with Crippen LogP contribution in [-0.2, 0) is 0 Å². The van der Waals surface area contributed by atoms with Gasteiger partial charge >= 0.3 is 0 Å². The van der Waals surface area contributed by atoms with Crippen LogP contribution in [0.3, 0.4) is 0 Å². The van der Waals surface area contributed by atoms with E-state index in [1.54, 1.807) is 29.2 Å². The molecule has 24 heavy (non-hydrogen) atoms. The summed E-state index contributed by atoms with van der Waals surface area (Å²) >= 11 is 0. The summed E-state index contributed by atoms with van der Waals surface area (Å²) in [5.41, 5.74) is 2.16. The number of carbonyl (C=O) groups excluding carboxylic acids is 1. The Hall–Kier alpha value is -2.80. The average molecular weight is 319 g/mol. The standard InChI is InChI=1S/C20H21N3O/c1-22(20(24)19-10-6-5-7-17(19)13-21)14-16-11-12-23(15-16)18-8-3-2-4-9-18/h2-10,16H,11-12,14-15H2,1H3/t16-/m1/s1. The number of carbonyl (C=O) groups is 1. The van der Waals surface area contributed by atoms with Gasteiger partial charge in [0.15, 0.2) is 0 Å². The number of anilines is 1. The molecule has 3 rings (SSSR count). The first-order chi connectivity index (χ1) is 11.7. The second-order valence-corrected chi connectivity index (χ2v) is 6.28. The molecule has 1 atom stereocenters. The van der Waals surface area contributed by atoms with Crippen molar-refractivity contribution >= 4 is 11.6 Å². The van der Waals surface area contributed by atoms with Crippen LogP contribution < -0.4 is 4.90 Å². The van der Waals surface area contributed by atoms with E-state index in [1.165, 1.54) is 5.69 Å². The van der Waals surface area contributed by atoms with E-state index in [4.69, 9.17) is 5.26 Å². The van der Waals surface area contributed by atoms with E-state index < -0.39 is 0 Å². The lowest BCUT2D eigenvalue weighted by Crippen LogP contribution is -2.33. The Morgan fingerprint density at radius 1 is 1.21 bits per heavy atom. The molecule has 2 aromatic carbocycles. The van der Waals surface area contributed by atoms with Crippen LogP contribution in [0.25, 0.3) is 0 Å². The SMILES string of the molecule is CN(C[C@H]1CCN(c2ccccc2)C1)C(=O)c1ccccc1C#N. The molecule has 4 heteroatoms. The summed E-state index contributed by atoms with van der Waals surface area (Å²) < 4.78 is 0. The zero-order chi connectivity index (χ0) is 16.9. The van der Waals surface area contributed by atoms with Crippen LogP contribution in [0.4, 0.5) is 5.69 Å². The van der Waals surface area contributed by atoms with E-state index in [0.717, 1.165) is 19.5 Å². The van der Waals surface area contributed by atoms with Crippen LogP contribution in [-0.4, -0.2) is 37.5 Å². The van der Waals surface area contributed by atoms with Gasteiger partial charge in [-0.25, -0.2) is 0 Å². The van der Waals surface area contributed by atoms with E-state index in [2.05, 4.69) is 35.2 Å². The Balaban J connectivity index is 1.62. The third-order valence-electron chi connectivity index (χ3n) is 4.56. The van der Waals surface area contributed by atoms with Crippen molar-refractivity contribution in [1.82, 2.24) is 4.90 Å². The Kier molecular flexibility index (Phi) is 4.81. The maximum atomic E-state index is 12.6. The summed E-state index contributed by atoms with van der Waals surface area (Å²) in [6.45, 7) is 2.69. The highest BCUT2D eigenvalue weighted by Crippen LogP contribution is 2.24. The number of hydrogen-bond acceptors (Lipinski definition) is 3. The van der Waals surface area contributed by atoms with Gasteiger partial charge in [0.05, 0.1) is 17.2 Å². The first-order valence-corrected chi connectivity index (χ1v) is 8.23. The molecule has 0 saturated carbocycles. The van der Waals surface area contributed by atoms with Gasteiger partial charge in [-0.15, -0.1) is 0 Å². The summed E-state index contributed by atoms with van der Waals surface area (Å²) in [7, 11) is 1.82. The van der Waals surface area contributed by atoms with Crippen molar-refractivity contribution < 1.29 is 4.79 Å². The van der Waals surface area contributed by atoms with Gasteiger partial charge in [0.25, 0.3) is 5.91 Å². The smallest absolute Gasteiger partial charge is 0.254 e. The van der Waals surface area contributed by atoms with E-state index in [1.807, 2.05) is 13.1 Å². The van der Waals surface area contributed by atoms with Crippen LogP contribution >= 0.6 is 0 Å². The molecule has 1 saturated heterocycles. The van der Waals surface area contributed by atoms with Gasteiger partial charge in [0.1, 0.15) is 0 Å². The maximum absolute atomic E-state index is 12.6. The number of amides is 1. The highest BCUT2D eigenvalue weighted by Gasteiger charge is 2.26. The van der Waals surface area contributed by atoms with E-state index in [0.29, 0.717) is 23.6 Å². The topological polar surface area (TPSA) is 47.3 Å². The minimum Gasteiger partial charge on any atom is -0.371 e. The quantitative estimate of drug-likeness (QED) is 0.870. The largest absolute Gasteiger partial charge is 0.371 e. The average Bonchev–Trinajstić information content (AvgIpc) is 3.10. The first-order valence-electron chi connectivity index (χ1n) is 8.23. The summed E-state index contributed by atoms with van der Waals surface area (Å²) in [6, 6.07) is 19.5. The van der Waals surface area contributed by atoms with Crippen LogP contribution in [0, 0.1) is 17.2 Å². The molecule has 0 N–H and O–H groups in total. The third kappa shape index (κ3) is 3.41. The van der Waals surface area contributed by atoms with E-state index in [-0.39, 0.29) is 5.91 Å². The minimum atomic E-state index is -0.0784. The number of benzene rings is 2. The van der Waals surface area contributed by atoms with Gasteiger partial charge in [0, 0.05) is 32.4 Å². The van der Waals surface area contributed by atoms with Crippen LogP contribution in [0.5, 0.6) is 0 Å². The third-order valence-corrected chi connectivity index (χ3v) is 4.56. The lowest BCUT2D eigenvalue weighted by molar-refractivity contribution is 0.0776. The minimum absolute atomic E-state index is 0.0784. The summed E-state index contributed by atoms with van der Waals surface area (Å²) in [4.78, 5) is 16.7. The maximum Gasteiger partial charge on any atom is 0.254 e. The van der Waals surface area contributed by atoms with Gasteiger partial charge in [-0.1, -0.05) is 30.3 Å². The lowest BCUT2D eigenvalue weighted by Gasteiger charge is -2.23. The lowest BCUT2D eigenvalue weighted by atomic mass is 10.1. The molecule has 1 aliphatic rings. The van der Waals surface area contributed by atoms with Crippen molar-refractivity contribution in [2.75, 3.05) is 31.6 Å². The Morgan fingerprint density at radius 2 is 1.92 bits per heavy atom. The molecule has 4 nitrogen and oxygen atoms in total.